The van der Waals surface area contributed by atoms with Gasteiger partial charge in [0.05, 0.1) is 23.3 Å². The van der Waals surface area contributed by atoms with Crippen molar-refractivity contribution in [1.29, 1.82) is 0 Å². The van der Waals surface area contributed by atoms with Crippen molar-refractivity contribution in [2.24, 2.45) is 4.99 Å². The quantitative estimate of drug-likeness (QED) is 0.772. The minimum absolute atomic E-state index is 0.133. The lowest BCUT2D eigenvalue weighted by molar-refractivity contribution is -0.121. The number of aliphatic imine (C=N–C) groups is 1. The first-order chi connectivity index (χ1) is 12.9. The van der Waals surface area contributed by atoms with E-state index >= 15 is 0 Å². The Hall–Kier alpha value is -2.77. The minimum atomic E-state index is -1.03. The van der Waals surface area contributed by atoms with E-state index in [2.05, 4.69) is 4.99 Å². The van der Waals surface area contributed by atoms with Crippen molar-refractivity contribution in [3.05, 3.63) is 63.5 Å². The maximum atomic E-state index is 12.6. The zero-order chi connectivity index (χ0) is 19.6. The number of carboxylic acids is 1. The van der Waals surface area contributed by atoms with E-state index in [4.69, 9.17) is 21.4 Å². The van der Waals surface area contributed by atoms with Gasteiger partial charge in [-0.15, -0.1) is 0 Å². The van der Waals surface area contributed by atoms with Crippen LogP contribution < -0.4 is 4.74 Å². The van der Waals surface area contributed by atoms with Crippen molar-refractivity contribution < 1.29 is 19.4 Å². The summed E-state index contributed by atoms with van der Waals surface area (Å²) in [7, 11) is 3.16. The molecule has 1 fully saturated rings. The van der Waals surface area contributed by atoms with Crippen LogP contribution in [-0.4, -0.2) is 41.2 Å². The largest absolute Gasteiger partial charge is 0.496 e. The Kier molecular flexibility index (Phi) is 5.53. The van der Waals surface area contributed by atoms with Gasteiger partial charge >= 0.3 is 5.97 Å². The summed E-state index contributed by atoms with van der Waals surface area (Å²) >= 11 is 7.24. The minimum Gasteiger partial charge on any atom is -0.496 e. The van der Waals surface area contributed by atoms with E-state index in [9.17, 15) is 9.59 Å². The van der Waals surface area contributed by atoms with Crippen LogP contribution in [0.2, 0.25) is 5.02 Å². The molecule has 1 aliphatic rings. The van der Waals surface area contributed by atoms with Crippen molar-refractivity contribution in [2.75, 3.05) is 14.2 Å². The molecule has 138 valence electrons. The van der Waals surface area contributed by atoms with Gasteiger partial charge in [0.2, 0.25) is 0 Å². The summed E-state index contributed by atoms with van der Waals surface area (Å²) in [5.74, 6) is -0.646. The molecule has 1 saturated heterocycles. The molecule has 0 radical (unpaired) electrons. The number of carboxylic acid groups (broad SMARTS) is 1. The topological polar surface area (TPSA) is 79.2 Å². The number of carbonyl (C=O) groups excluding carboxylic acids is 1. The van der Waals surface area contributed by atoms with Gasteiger partial charge in [0.15, 0.2) is 5.17 Å². The summed E-state index contributed by atoms with van der Waals surface area (Å²) < 4.78 is 5.31. The Balaban J connectivity index is 1.95. The highest BCUT2D eigenvalue weighted by Crippen LogP contribution is 2.35. The molecule has 27 heavy (non-hydrogen) atoms. The first-order valence-electron chi connectivity index (χ1n) is 7.82. The Labute approximate surface area is 165 Å². The fourth-order valence-electron chi connectivity index (χ4n) is 2.43. The highest BCUT2D eigenvalue weighted by atomic mass is 35.5. The van der Waals surface area contributed by atoms with Crippen LogP contribution in [0.1, 0.15) is 15.9 Å². The molecule has 0 aromatic heterocycles. The number of hydrogen-bond acceptors (Lipinski definition) is 5. The first kappa shape index (κ1) is 19.0. The molecule has 2 aromatic carbocycles. The Bertz CT molecular complexity index is 987. The normalized spacial score (nSPS) is 17.0. The number of thioether (sulfide) groups is 1. The first-order valence-corrected chi connectivity index (χ1v) is 9.01. The third-order valence-corrected chi connectivity index (χ3v) is 5.09. The Morgan fingerprint density at radius 2 is 2.07 bits per heavy atom. The average molecular weight is 403 g/mol. The van der Waals surface area contributed by atoms with Crippen LogP contribution in [0.15, 0.2) is 52.4 Å². The van der Waals surface area contributed by atoms with E-state index < -0.39 is 5.97 Å². The van der Waals surface area contributed by atoms with E-state index in [1.165, 1.54) is 28.8 Å². The van der Waals surface area contributed by atoms with E-state index in [-0.39, 0.29) is 11.5 Å². The summed E-state index contributed by atoms with van der Waals surface area (Å²) in [5.41, 5.74) is 1.27. The van der Waals surface area contributed by atoms with Crippen molar-refractivity contribution >= 4 is 52.2 Å². The summed E-state index contributed by atoms with van der Waals surface area (Å²) in [6, 6.07) is 11.4. The van der Waals surface area contributed by atoms with Crippen LogP contribution in [0.25, 0.3) is 6.08 Å². The maximum Gasteiger partial charge on any atom is 0.335 e. The number of benzene rings is 2. The lowest BCUT2D eigenvalue weighted by atomic mass is 10.2. The van der Waals surface area contributed by atoms with Crippen LogP contribution in [0.3, 0.4) is 0 Å². The summed E-state index contributed by atoms with van der Waals surface area (Å²) in [6.07, 6.45) is 1.70. The van der Waals surface area contributed by atoms with E-state index in [1.54, 1.807) is 50.6 Å². The molecule has 2 aromatic rings. The molecule has 6 nitrogen and oxygen atoms in total. The van der Waals surface area contributed by atoms with Crippen molar-refractivity contribution in [3.63, 3.8) is 0 Å². The van der Waals surface area contributed by atoms with Gasteiger partial charge in [0, 0.05) is 17.6 Å². The smallest absolute Gasteiger partial charge is 0.335 e. The Morgan fingerprint density at radius 3 is 2.78 bits per heavy atom. The van der Waals surface area contributed by atoms with Crippen LogP contribution in [0.4, 0.5) is 5.69 Å². The van der Waals surface area contributed by atoms with Gasteiger partial charge in [-0.05, 0) is 54.2 Å². The van der Waals surface area contributed by atoms with E-state index in [1.807, 2.05) is 0 Å². The predicted molar refractivity (Wildman–Crippen MR) is 107 cm³/mol. The fraction of sp³-hybridized carbons (Fsp3) is 0.105. The number of amides is 1. The van der Waals surface area contributed by atoms with Crippen molar-refractivity contribution in [3.8, 4) is 5.75 Å². The molecule has 0 saturated carbocycles. The van der Waals surface area contributed by atoms with Crippen molar-refractivity contribution in [1.82, 2.24) is 4.90 Å². The highest BCUT2D eigenvalue weighted by Gasteiger charge is 2.30. The van der Waals surface area contributed by atoms with Crippen LogP contribution in [0.5, 0.6) is 5.75 Å². The van der Waals surface area contributed by atoms with Crippen LogP contribution in [-0.2, 0) is 4.79 Å². The molecule has 0 bridgehead atoms. The average Bonchev–Trinajstić information content (AvgIpc) is 2.90. The predicted octanol–water partition coefficient (Wildman–Crippen LogP) is 4.28. The van der Waals surface area contributed by atoms with Gasteiger partial charge in [-0.3, -0.25) is 9.69 Å². The number of hydrogen-bond donors (Lipinski definition) is 1. The monoisotopic (exact) mass is 402 g/mol. The van der Waals surface area contributed by atoms with Gasteiger partial charge in [-0.2, -0.15) is 0 Å². The number of aromatic carboxylic acids is 1. The number of rotatable bonds is 4. The number of amidine groups is 1. The van der Waals surface area contributed by atoms with Gasteiger partial charge in [0.25, 0.3) is 5.91 Å². The number of halogens is 1. The molecule has 3 rings (SSSR count). The third kappa shape index (κ3) is 4.15. The molecule has 1 aliphatic heterocycles. The molecule has 0 aliphatic carbocycles. The van der Waals surface area contributed by atoms with Crippen molar-refractivity contribution in [2.45, 2.75) is 0 Å². The Morgan fingerprint density at radius 1 is 1.30 bits per heavy atom. The zero-order valence-electron chi connectivity index (χ0n) is 14.5. The molecule has 0 atom stereocenters. The summed E-state index contributed by atoms with van der Waals surface area (Å²) in [6.45, 7) is 0. The van der Waals surface area contributed by atoms with Gasteiger partial charge in [-0.1, -0.05) is 17.7 Å². The van der Waals surface area contributed by atoms with Crippen LogP contribution >= 0.6 is 23.4 Å². The summed E-state index contributed by atoms with van der Waals surface area (Å²) in [4.78, 5) is 29.9. The standard InChI is InChI=1S/C19H15ClN2O4S/c1-22-17(23)16(10-12-8-13(20)6-7-15(12)26-2)27-19(22)21-14-5-3-4-11(9-14)18(24)25/h3-10H,1-2H3,(H,24,25)/b16-10+,21-19?. The number of ether oxygens (including phenoxy) is 1. The lowest BCUT2D eigenvalue weighted by Gasteiger charge is -2.07. The van der Waals surface area contributed by atoms with Crippen LogP contribution in [0, 0.1) is 0 Å². The maximum absolute atomic E-state index is 12.6. The molecule has 8 heteroatoms. The lowest BCUT2D eigenvalue weighted by Crippen LogP contribution is -2.23. The number of methoxy groups -OCH3 is 1. The van der Waals surface area contributed by atoms with Gasteiger partial charge in [-0.25, -0.2) is 9.79 Å². The second-order valence-electron chi connectivity index (χ2n) is 5.61. The zero-order valence-corrected chi connectivity index (χ0v) is 16.0. The molecule has 1 heterocycles. The summed E-state index contributed by atoms with van der Waals surface area (Å²) in [5, 5.41) is 10.1. The fourth-order valence-corrected chi connectivity index (χ4v) is 3.59. The van der Waals surface area contributed by atoms with E-state index in [0.717, 1.165) is 0 Å². The van der Waals surface area contributed by atoms with E-state index in [0.29, 0.717) is 32.1 Å². The number of nitrogens with zero attached hydrogens (tertiary/aromatic N) is 2. The molecule has 1 amide bonds. The second-order valence-corrected chi connectivity index (χ2v) is 7.06. The number of likely N-dealkylation sites (N-methyl/N-ethyl adjacent to an activating group) is 1. The third-order valence-electron chi connectivity index (χ3n) is 3.80. The second kappa shape index (κ2) is 7.85. The number of carbonyl (C=O) groups is 2. The SMILES string of the molecule is COc1ccc(Cl)cc1/C=C1/SC(=Nc2cccc(C(=O)O)c2)N(C)C1=O. The molecule has 0 unspecified atom stereocenters. The molecular weight excluding hydrogens is 388 g/mol. The highest BCUT2D eigenvalue weighted by molar-refractivity contribution is 8.18. The molecular formula is C19H15ClN2O4S. The molecule has 1 N–H and O–H groups in total. The van der Waals surface area contributed by atoms with Gasteiger partial charge in [0.1, 0.15) is 5.75 Å². The van der Waals surface area contributed by atoms with Gasteiger partial charge < -0.3 is 9.84 Å². The molecule has 0 spiro atoms.